The zero-order valence-electron chi connectivity index (χ0n) is 13.1. The van der Waals surface area contributed by atoms with Crippen molar-refractivity contribution in [2.24, 2.45) is 5.92 Å². The largest absolute Gasteiger partial charge is 0.497 e. The van der Waals surface area contributed by atoms with Gasteiger partial charge in [0.2, 0.25) is 0 Å². The third-order valence-corrected chi connectivity index (χ3v) is 4.25. The maximum absolute atomic E-state index is 12.5. The molecule has 116 valence electrons. The van der Waals surface area contributed by atoms with Crippen molar-refractivity contribution in [3.05, 3.63) is 24.3 Å². The lowest BCUT2D eigenvalue weighted by Crippen LogP contribution is -2.50. The predicted molar refractivity (Wildman–Crippen MR) is 83.6 cm³/mol. The molecule has 1 N–H and O–H groups in total. The lowest BCUT2D eigenvalue weighted by atomic mass is 9.77. The minimum atomic E-state index is -0.602. The number of hydrogen-bond acceptors (Lipinski definition) is 4. The number of rotatable bonds is 5. The lowest BCUT2D eigenvalue weighted by Gasteiger charge is -2.38. The summed E-state index contributed by atoms with van der Waals surface area (Å²) in [5, 5.41) is 3.42. The average Bonchev–Trinajstić information content (AvgIpc) is 2.50. The quantitative estimate of drug-likeness (QED) is 0.842. The molecule has 0 atom stereocenters. The highest BCUT2D eigenvalue weighted by Gasteiger charge is 2.42. The van der Waals surface area contributed by atoms with Crippen LogP contribution in [0, 0.1) is 5.92 Å². The lowest BCUT2D eigenvalue weighted by molar-refractivity contribution is -0.150. The standard InChI is InChI=1S/C17H25NO3/c1-4-21-16(19)17(10-8-13(2)9-11-17)18-14-6-5-7-15(12-14)20-3/h5-7,12-13,18H,4,8-11H2,1-3H3. The van der Waals surface area contributed by atoms with Crippen LogP contribution in [0.2, 0.25) is 0 Å². The van der Waals surface area contributed by atoms with Crippen LogP contribution in [0.15, 0.2) is 24.3 Å². The van der Waals surface area contributed by atoms with Crippen molar-refractivity contribution >= 4 is 11.7 Å². The van der Waals surface area contributed by atoms with Gasteiger partial charge in [-0.05, 0) is 50.7 Å². The molecule has 0 saturated heterocycles. The highest BCUT2D eigenvalue weighted by Crippen LogP contribution is 2.36. The number of carbonyl (C=O) groups excluding carboxylic acids is 1. The molecular weight excluding hydrogens is 266 g/mol. The first kappa shape index (κ1) is 15.7. The summed E-state index contributed by atoms with van der Waals surface area (Å²) in [7, 11) is 1.64. The topological polar surface area (TPSA) is 47.6 Å². The summed E-state index contributed by atoms with van der Waals surface area (Å²) in [6.45, 7) is 4.50. The van der Waals surface area contributed by atoms with E-state index in [1.165, 1.54) is 0 Å². The summed E-state index contributed by atoms with van der Waals surface area (Å²) in [5.74, 6) is 1.31. The minimum absolute atomic E-state index is 0.139. The first-order valence-corrected chi connectivity index (χ1v) is 7.69. The zero-order valence-corrected chi connectivity index (χ0v) is 13.1. The van der Waals surface area contributed by atoms with Gasteiger partial charge in [0.15, 0.2) is 0 Å². The van der Waals surface area contributed by atoms with Crippen LogP contribution in [0.1, 0.15) is 39.5 Å². The molecule has 4 nitrogen and oxygen atoms in total. The number of esters is 1. The van der Waals surface area contributed by atoms with E-state index in [1.807, 2.05) is 31.2 Å². The van der Waals surface area contributed by atoms with Crippen molar-refractivity contribution in [2.75, 3.05) is 19.0 Å². The van der Waals surface area contributed by atoms with Crippen LogP contribution in [0.5, 0.6) is 5.75 Å². The Balaban J connectivity index is 2.21. The highest BCUT2D eigenvalue weighted by atomic mass is 16.5. The molecule has 1 aromatic rings. The molecule has 0 radical (unpaired) electrons. The van der Waals surface area contributed by atoms with Gasteiger partial charge in [-0.3, -0.25) is 0 Å². The summed E-state index contributed by atoms with van der Waals surface area (Å²) in [4.78, 5) is 12.5. The Hall–Kier alpha value is -1.71. The molecule has 0 unspecified atom stereocenters. The van der Waals surface area contributed by atoms with E-state index in [2.05, 4.69) is 12.2 Å². The van der Waals surface area contributed by atoms with Crippen LogP contribution in [-0.2, 0) is 9.53 Å². The fourth-order valence-corrected chi connectivity index (χ4v) is 2.88. The van der Waals surface area contributed by atoms with Crippen LogP contribution in [0.4, 0.5) is 5.69 Å². The second-order valence-electron chi connectivity index (χ2n) is 5.84. The van der Waals surface area contributed by atoms with E-state index in [-0.39, 0.29) is 5.97 Å². The summed E-state index contributed by atoms with van der Waals surface area (Å²) in [6, 6.07) is 7.69. The third-order valence-electron chi connectivity index (χ3n) is 4.25. The van der Waals surface area contributed by atoms with Crippen molar-refractivity contribution < 1.29 is 14.3 Å². The van der Waals surface area contributed by atoms with E-state index < -0.39 is 5.54 Å². The SMILES string of the molecule is CCOC(=O)C1(Nc2cccc(OC)c2)CCC(C)CC1. The number of ether oxygens (including phenoxy) is 2. The molecule has 0 heterocycles. The molecule has 1 aromatic carbocycles. The number of nitrogens with one attached hydrogen (secondary N) is 1. The van der Waals surface area contributed by atoms with Gasteiger partial charge in [-0.25, -0.2) is 4.79 Å². The monoisotopic (exact) mass is 291 g/mol. The van der Waals surface area contributed by atoms with E-state index in [1.54, 1.807) is 7.11 Å². The summed E-state index contributed by atoms with van der Waals surface area (Å²) in [5.41, 5.74) is 0.298. The van der Waals surface area contributed by atoms with Gasteiger partial charge < -0.3 is 14.8 Å². The van der Waals surface area contributed by atoms with Crippen molar-refractivity contribution in [2.45, 2.75) is 45.1 Å². The molecule has 0 bridgehead atoms. The first-order chi connectivity index (χ1) is 10.1. The van der Waals surface area contributed by atoms with Crippen molar-refractivity contribution in [1.29, 1.82) is 0 Å². The van der Waals surface area contributed by atoms with E-state index in [0.717, 1.165) is 37.1 Å². The fraction of sp³-hybridized carbons (Fsp3) is 0.588. The zero-order chi connectivity index (χ0) is 15.3. The van der Waals surface area contributed by atoms with Gasteiger partial charge in [-0.2, -0.15) is 0 Å². The normalized spacial score (nSPS) is 25.2. The number of hydrogen-bond donors (Lipinski definition) is 1. The second kappa shape index (κ2) is 6.83. The Morgan fingerprint density at radius 2 is 2.10 bits per heavy atom. The van der Waals surface area contributed by atoms with Gasteiger partial charge in [0.05, 0.1) is 13.7 Å². The molecule has 0 aliphatic heterocycles. The molecule has 2 rings (SSSR count). The van der Waals surface area contributed by atoms with Crippen LogP contribution in [0.3, 0.4) is 0 Å². The molecule has 1 fully saturated rings. The second-order valence-corrected chi connectivity index (χ2v) is 5.84. The van der Waals surface area contributed by atoms with E-state index in [0.29, 0.717) is 12.5 Å². The van der Waals surface area contributed by atoms with Crippen LogP contribution < -0.4 is 10.1 Å². The van der Waals surface area contributed by atoms with Gasteiger partial charge in [-0.1, -0.05) is 13.0 Å². The minimum Gasteiger partial charge on any atom is -0.497 e. The molecule has 4 heteroatoms. The maximum Gasteiger partial charge on any atom is 0.331 e. The predicted octanol–water partition coefficient (Wildman–Crippen LogP) is 3.62. The van der Waals surface area contributed by atoms with Crippen LogP contribution in [0.25, 0.3) is 0 Å². The molecule has 0 spiro atoms. The van der Waals surface area contributed by atoms with Gasteiger partial charge in [0.25, 0.3) is 0 Å². The number of carbonyl (C=O) groups is 1. The van der Waals surface area contributed by atoms with Gasteiger partial charge in [-0.15, -0.1) is 0 Å². The molecule has 21 heavy (non-hydrogen) atoms. The maximum atomic E-state index is 12.5. The summed E-state index contributed by atoms with van der Waals surface area (Å²) in [6.07, 6.45) is 3.69. The Kier molecular flexibility index (Phi) is 5.10. The Bertz CT molecular complexity index is 479. The fourth-order valence-electron chi connectivity index (χ4n) is 2.88. The molecule has 1 saturated carbocycles. The molecule has 0 amide bonds. The van der Waals surface area contributed by atoms with Crippen LogP contribution >= 0.6 is 0 Å². The van der Waals surface area contributed by atoms with Crippen molar-refractivity contribution in [3.63, 3.8) is 0 Å². The van der Waals surface area contributed by atoms with E-state index in [4.69, 9.17) is 9.47 Å². The first-order valence-electron chi connectivity index (χ1n) is 7.69. The summed E-state index contributed by atoms with van der Waals surface area (Å²) < 4.78 is 10.6. The average molecular weight is 291 g/mol. The van der Waals surface area contributed by atoms with Crippen molar-refractivity contribution in [1.82, 2.24) is 0 Å². The smallest absolute Gasteiger partial charge is 0.331 e. The Labute approximate surface area is 126 Å². The van der Waals surface area contributed by atoms with E-state index >= 15 is 0 Å². The molecular formula is C17H25NO3. The Morgan fingerprint density at radius 1 is 1.38 bits per heavy atom. The number of anilines is 1. The Morgan fingerprint density at radius 3 is 2.71 bits per heavy atom. The third kappa shape index (κ3) is 3.69. The number of benzene rings is 1. The highest BCUT2D eigenvalue weighted by molar-refractivity contribution is 5.84. The number of methoxy groups -OCH3 is 1. The molecule has 1 aliphatic rings. The van der Waals surface area contributed by atoms with Crippen LogP contribution in [-0.4, -0.2) is 25.2 Å². The van der Waals surface area contributed by atoms with Crippen molar-refractivity contribution in [3.8, 4) is 5.75 Å². The van der Waals surface area contributed by atoms with Gasteiger partial charge in [0, 0.05) is 11.8 Å². The van der Waals surface area contributed by atoms with Gasteiger partial charge in [0.1, 0.15) is 11.3 Å². The molecule has 1 aliphatic carbocycles. The van der Waals surface area contributed by atoms with Gasteiger partial charge >= 0.3 is 5.97 Å². The molecule has 0 aromatic heterocycles. The summed E-state index contributed by atoms with van der Waals surface area (Å²) >= 11 is 0. The van der Waals surface area contributed by atoms with E-state index in [9.17, 15) is 4.79 Å².